The van der Waals surface area contributed by atoms with Crippen LogP contribution in [0, 0.1) is 5.82 Å². The number of para-hydroxylation sites is 1. The first kappa shape index (κ1) is 15.7. The van der Waals surface area contributed by atoms with E-state index >= 15 is 0 Å². The van der Waals surface area contributed by atoms with E-state index in [-0.39, 0.29) is 17.5 Å². The van der Waals surface area contributed by atoms with Gasteiger partial charge in [0, 0.05) is 10.9 Å². The van der Waals surface area contributed by atoms with Gasteiger partial charge in [0.15, 0.2) is 0 Å². The van der Waals surface area contributed by atoms with E-state index in [2.05, 4.69) is 15.5 Å². The summed E-state index contributed by atoms with van der Waals surface area (Å²) >= 11 is 0. The Hall–Kier alpha value is -3.81. The summed E-state index contributed by atoms with van der Waals surface area (Å²) in [5.41, 5.74) is -0.247. The summed E-state index contributed by atoms with van der Waals surface area (Å²) in [6.45, 7) is 0. The molecule has 0 atom stereocenters. The third-order valence-corrected chi connectivity index (χ3v) is 3.60. The highest BCUT2D eigenvalue weighted by Crippen LogP contribution is 2.21. The normalized spacial score (nSPS) is 10.8. The Morgan fingerprint density at radius 3 is 2.69 bits per heavy atom. The van der Waals surface area contributed by atoms with E-state index in [9.17, 15) is 14.0 Å². The number of amides is 1. The zero-order valence-corrected chi connectivity index (χ0v) is 13.1. The quantitative estimate of drug-likeness (QED) is 0.569. The van der Waals surface area contributed by atoms with E-state index in [1.54, 1.807) is 30.3 Å². The van der Waals surface area contributed by atoms with Gasteiger partial charge < -0.3 is 8.83 Å². The van der Waals surface area contributed by atoms with E-state index in [0.717, 1.165) is 0 Å². The highest BCUT2D eigenvalue weighted by molar-refractivity contribution is 6.04. The maximum Gasteiger partial charge on any atom is 0.349 e. The minimum absolute atomic E-state index is 0.0327. The van der Waals surface area contributed by atoms with E-state index in [4.69, 9.17) is 8.83 Å². The standard InChI is InChI=1S/C18H10FN3O4/c19-12-6-3-5-11(8-12)16-21-22-18(26-16)20-15(23)13-9-10-4-1-2-7-14(10)25-17(13)24/h1-9H,(H,20,22,23). The lowest BCUT2D eigenvalue weighted by Crippen LogP contribution is -2.20. The maximum absolute atomic E-state index is 13.3. The molecule has 2 heterocycles. The van der Waals surface area contributed by atoms with Crippen molar-refractivity contribution in [3.05, 3.63) is 76.4 Å². The maximum atomic E-state index is 13.3. The van der Waals surface area contributed by atoms with E-state index < -0.39 is 17.3 Å². The smallest absolute Gasteiger partial charge is 0.349 e. The number of benzene rings is 2. The molecule has 128 valence electrons. The van der Waals surface area contributed by atoms with Gasteiger partial charge in [0.2, 0.25) is 5.89 Å². The first-order valence-corrected chi connectivity index (χ1v) is 7.54. The van der Waals surface area contributed by atoms with Crippen LogP contribution in [0.4, 0.5) is 10.4 Å². The molecule has 0 radical (unpaired) electrons. The molecule has 2 aromatic carbocycles. The zero-order valence-electron chi connectivity index (χ0n) is 13.1. The van der Waals surface area contributed by atoms with Gasteiger partial charge in [-0.1, -0.05) is 29.4 Å². The number of hydrogen-bond acceptors (Lipinski definition) is 6. The number of carbonyl (C=O) groups is 1. The average molecular weight is 351 g/mol. The molecule has 0 aliphatic heterocycles. The highest BCUT2D eigenvalue weighted by atomic mass is 19.1. The molecule has 2 aromatic heterocycles. The van der Waals surface area contributed by atoms with Gasteiger partial charge in [0.05, 0.1) is 0 Å². The molecular weight excluding hydrogens is 341 g/mol. The Bertz CT molecular complexity index is 1180. The molecule has 26 heavy (non-hydrogen) atoms. The molecule has 8 heteroatoms. The Labute approximate surface area is 145 Å². The lowest BCUT2D eigenvalue weighted by Gasteiger charge is -2.01. The van der Waals surface area contributed by atoms with Crippen molar-refractivity contribution in [2.45, 2.75) is 0 Å². The van der Waals surface area contributed by atoms with Crippen molar-refractivity contribution in [3.8, 4) is 11.5 Å². The number of hydrogen-bond donors (Lipinski definition) is 1. The molecule has 0 spiro atoms. The first-order chi connectivity index (χ1) is 12.6. The second kappa shape index (κ2) is 6.25. The summed E-state index contributed by atoms with van der Waals surface area (Å²) in [7, 11) is 0. The monoisotopic (exact) mass is 351 g/mol. The second-order valence-electron chi connectivity index (χ2n) is 5.36. The number of carbonyl (C=O) groups excluding carboxylic acids is 1. The molecule has 1 N–H and O–H groups in total. The molecule has 0 bridgehead atoms. The van der Waals surface area contributed by atoms with Gasteiger partial charge in [-0.15, -0.1) is 5.10 Å². The Kier molecular flexibility index (Phi) is 3.77. The summed E-state index contributed by atoms with van der Waals surface area (Å²) in [5.74, 6) is -1.18. The number of nitrogens with zero attached hydrogens (tertiary/aromatic N) is 2. The van der Waals surface area contributed by atoms with E-state index in [1.807, 2.05) is 0 Å². The number of fused-ring (bicyclic) bond motifs is 1. The van der Waals surface area contributed by atoms with E-state index in [0.29, 0.717) is 16.5 Å². The van der Waals surface area contributed by atoms with Gasteiger partial charge in [0.25, 0.3) is 5.91 Å². The van der Waals surface area contributed by atoms with Gasteiger partial charge >= 0.3 is 11.6 Å². The van der Waals surface area contributed by atoms with Crippen LogP contribution in [0.5, 0.6) is 0 Å². The van der Waals surface area contributed by atoms with Crippen molar-refractivity contribution in [1.82, 2.24) is 10.2 Å². The average Bonchev–Trinajstić information content (AvgIpc) is 3.09. The zero-order chi connectivity index (χ0) is 18.1. The van der Waals surface area contributed by atoms with Crippen molar-refractivity contribution in [1.29, 1.82) is 0 Å². The van der Waals surface area contributed by atoms with Crippen molar-refractivity contribution in [2.24, 2.45) is 0 Å². The van der Waals surface area contributed by atoms with Crippen LogP contribution in [0.1, 0.15) is 10.4 Å². The molecule has 0 unspecified atom stereocenters. The molecule has 0 aliphatic carbocycles. The molecule has 7 nitrogen and oxygen atoms in total. The highest BCUT2D eigenvalue weighted by Gasteiger charge is 2.17. The van der Waals surface area contributed by atoms with Crippen LogP contribution in [-0.4, -0.2) is 16.1 Å². The Morgan fingerprint density at radius 2 is 1.85 bits per heavy atom. The summed E-state index contributed by atoms with van der Waals surface area (Å²) in [6, 6.07) is 13.6. The molecule has 0 fully saturated rings. The van der Waals surface area contributed by atoms with Crippen LogP contribution in [-0.2, 0) is 0 Å². The van der Waals surface area contributed by atoms with Gasteiger partial charge in [-0.2, -0.15) is 0 Å². The lowest BCUT2D eigenvalue weighted by molar-refractivity contribution is 0.102. The first-order valence-electron chi connectivity index (χ1n) is 7.54. The number of aromatic nitrogens is 2. The lowest BCUT2D eigenvalue weighted by atomic mass is 10.2. The summed E-state index contributed by atoms with van der Waals surface area (Å²) in [5, 5.41) is 10.4. The van der Waals surface area contributed by atoms with Crippen LogP contribution in [0.25, 0.3) is 22.4 Å². The SMILES string of the molecule is O=C(Nc1nnc(-c2cccc(F)c2)o1)c1cc2ccccc2oc1=O. The number of halogens is 1. The van der Waals surface area contributed by atoms with Crippen LogP contribution < -0.4 is 10.9 Å². The fourth-order valence-corrected chi connectivity index (χ4v) is 2.40. The van der Waals surface area contributed by atoms with Crippen LogP contribution in [0.3, 0.4) is 0 Å². The minimum atomic E-state index is -0.786. The summed E-state index contributed by atoms with van der Waals surface area (Å²) in [6.07, 6.45) is 0. The molecular formula is C18H10FN3O4. The van der Waals surface area contributed by atoms with Crippen LogP contribution in [0.2, 0.25) is 0 Å². The van der Waals surface area contributed by atoms with Crippen LogP contribution >= 0.6 is 0 Å². The largest absolute Gasteiger partial charge is 0.422 e. The molecule has 0 saturated carbocycles. The van der Waals surface area contributed by atoms with Crippen molar-refractivity contribution < 1.29 is 18.0 Å². The fourth-order valence-electron chi connectivity index (χ4n) is 2.40. The van der Waals surface area contributed by atoms with Gasteiger partial charge in [-0.3, -0.25) is 10.1 Å². The number of nitrogens with one attached hydrogen (secondary N) is 1. The Balaban J connectivity index is 1.61. The number of anilines is 1. The molecule has 1 amide bonds. The summed E-state index contributed by atoms with van der Waals surface area (Å²) < 4.78 is 23.7. The van der Waals surface area contributed by atoms with E-state index in [1.165, 1.54) is 24.3 Å². The molecule has 0 aliphatic rings. The molecule has 4 aromatic rings. The topological polar surface area (TPSA) is 98.2 Å². The molecule has 0 saturated heterocycles. The predicted octanol–water partition coefficient (Wildman–Crippen LogP) is 3.23. The van der Waals surface area contributed by atoms with Gasteiger partial charge in [0.1, 0.15) is 17.0 Å². The third-order valence-electron chi connectivity index (χ3n) is 3.60. The Morgan fingerprint density at radius 1 is 1.00 bits per heavy atom. The van der Waals surface area contributed by atoms with Gasteiger partial charge in [-0.05, 0) is 30.3 Å². The number of rotatable bonds is 3. The predicted molar refractivity (Wildman–Crippen MR) is 90.1 cm³/mol. The molecule has 4 rings (SSSR count). The van der Waals surface area contributed by atoms with Crippen molar-refractivity contribution >= 4 is 22.9 Å². The second-order valence-corrected chi connectivity index (χ2v) is 5.36. The third kappa shape index (κ3) is 2.95. The van der Waals surface area contributed by atoms with Crippen LogP contribution in [0.15, 0.2) is 68.2 Å². The fraction of sp³-hybridized carbons (Fsp3) is 0. The van der Waals surface area contributed by atoms with Crippen molar-refractivity contribution in [2.75, 3.05) is 5.32 Å². The summed E-state index contributed by atoms with van der Waals surface area (Å²) in [4.78, 5) is 24.3. The minimum Gasteiger partial charge on any atom is -0.422 e. The van der Waals surface area contributed by atoms with Gasteiger partial charge in [-0.25, -0.2) is 9.18 Å². The van der Waals surface area contributed by atoms with Crippen molar-refractivity contribution in [3.63, 3.8) is 0 Å².